The van der Waals surface area contributed by atoms with Crippen molar-refractivity contribution in [3.05, 3.63) is 0 Å². The van der Waals surface area contributed by atoms with Gasteiger partial charge in [0.2, 0.25) is 10.0 Å². The molecule has 5 nitrogen and oxygen atoms in total. The molecule has 8 heteroatoms. The summed E-state index contributed by atoms with van der Waals surface area (Å²) >= 11 is 3.33. The summed E-state index contributed by atoms with van der Waals surface area (Å²) in [4.78, 5) is 0. The topological polar surface area (TPSA) is 71.5 Å². The predicted molar refractivity (Wildman–Crippen MR) is 66.7 cm³/mol. The van der Waals surface area contributed by atoms with Crippen molar-refractivity contribution in [2.24, 2.45) is 5.92 Å². The van der Waals surface area contributed by atoms with Gasteiger partial charge in [-0.15, -0.1) is 0 Å². The van der Waals surface area contributed by atoms with Crippen LogP contribution in [0.5, 0.6) is 0 Å². The number of rotatable bonds is 4. The van der Waals surface area contributed by atoms with Crippen LogP contribution in [-0.2, 0) is 19.9 Å². The molecule has 1 fully saturated rings. The Bertz CT molecular complexity index is 431. The number of hydrogen-bond acceptors (Lipinski definition) is 4. The molecule has 0 amide bonds. The third kappa shape index (κ3) is 4.31. The fourth-order valence-electron chi connectivity index (χ4n) is 1.75. The molecule has 0 radical (unpaired) electrons. The average Bonchev–Trinajstić information content (AvgIpc) is 2.14. The number of piperidine rings is 1. The van der Waals surface area contributed by atoms with Crippen molar-refractivity contribution in [3.63, 3.8) is 0 Å². The molecule has 0 aliphatic carbocycles. The molecule has 16 heavy (non-hydrogen) atoms. The zero-order valence-electron chi connectivity index (χ0n) is 9.09. The summed E-state index contributed by atoms with van der Waals surface area (Å²) in [6.45, 7) is 0.852. The standard InChI is InChI=1S/C8H16BrNO4S2/c1-15(11,12)7-16(13,14)10-4-2-3-8(5-9)6-10/h8H,2-7H2,1H3. The van der Waals surface area contributed by atoms with Crippen LogP contribution in [0.15, 0.2) is 0 Å². The van der Waals surface area contributed by atoms with E-state index < -0.39 is 24.9 Å². The second-order valence-electron chi connectivity index (χ2n) is 4.18. The lowest BCUT2D eigenvalue weighted by Crippen LogP contribution is -2.42. The number of halogens is 1. The maximum absolute atomic E-state index is 11.8. The first-order chi connectivity index (χ1) is 7.24. The Morgan fingerprint density at radius 1 is 1.31 bits per heavy atom. The van der Waals surface area contributed by atoms with E-state index in [1.165, 1.54) is 4.31 Å². The van der Waals surface area contributed by atoms with Gasteiger partial charge in [0.25, 0.3) is 0 Å². The number of sulfone groups is 1. The first-order valence-corrected chi connectivity index (χ1v) is 9.75. The van der Waals surface area contributed by atoms with E-state index in [0.717, 1.165) is 24.4 Å². The molecule has 0 saturated carbocycles. The van der Waals surface area contributed by atoms with E-state index in [2.05, 4.69) is 15.9 Å². The molecule has 1 aliphatic heterocycles. The van der Waals surface area contributed by atoms with Gasteiger partial charge in [-0.1, -0.05) is 15.9 Å². The minimum absolute atomic E-state index is 0.281. The molecule has 1 aliphatic rings. The van der Waals surface area contributed by atoms with Crippen LogP contribution in [0.2, 0.25) is 0 Å². The van der Waals surface area contributed by atoms with Crippen LogP contribution < -0.4 is 0 Å². The molecular weight excluding hydrogens is 318 g/mol. The summed E-state index contributed by atoms with van der Waals surface area (Å²) in [7, 11) is -7.16. The molecule has 0 bridgehead atoms. The Morgan fingerprint density at radius 2 is 1.94 bits per heavy atom. The van der Waals surface area contributed by atoms with Gasteiger partial charge in [-0.25, -0.2) is 21.1 Å². The van der Waals surface area contributed by atoms with E-state index in [0.29, 0.717) is 13.1 Å². The molecule has 0 N–H and O–H groups in total. The summed E-state index contributed by atoms with van der Waals surface area (Å²) < 4.78 is 46.9. The Balaban J connectivity index is 2.76. The molecule has 0 aromatic carbocycles. The summed E-state index contributed by atoms with van der Waals surface area (Å²) in [6, 6.07) is 0. The number of sulfonamides is 1. The SMILES string of the molecule is CS(=O)(=O)CS(=O)(=O)N1CCCC(CBr)C1. The summed E-state index contributed by atoms with van der Waals surface area (Å²) in [6.07, 6.45) is 2.71. The van der Waals surface area contributed by atoms with Gasteiger partial charge in [0.05, 0.1) is 0 Å². The van der Waals surface area contributed by atoms with Gasteiger partial charge in [0.1, 0.15) is 0 Å². The van der Waals surface area contributed by atoms with E-state index in [1.54, 1.807) is 0 Å². The molecule has 1 atom stereocenters. The van der Waals surface area contributed by atoms with Gasteiger partial charge in [0, 0.05) is 24.7 Å². The highest BCUT2D eigenvalue weighted by atomic mass is 79.9. The molecule has 0 aromatic heterocycles. The molecule has 1 saturated heterocycles. The Morgan fingerprint density at radius 3 is 2.44 bits per heavy atom. The lowest BCUT2D eigenvalue weighted by atomic mass is 10.0. The largest absolute Gasteiger partial charge is 0.228 e. The lowest BCUT2D eigenvalue weighted by molar-refractivity contribution is 0.286. The summed E-state index contributed by atoms with van der Waals surface area (Å²) in [5.74, 6) is 0.281. The van der Waals surface area contributed by atoms with Crippen molar-refractivity contribution in [3.8, 4) is 0 Å². The lowest BCUT2D eigenvalue weighted by Gasteiger charge is -2.30. The third-order valence-electron chi connectivity index (χ3n) is 2.46. The highest BCUT2D eigenvalue weighted by Gasteiger charge is 2.30. The first kappa shape index (κ1) is 14.4. The van der Waals surface area contributed by atoms with Gasteiger partial charge in [-0.3, -0.25) is 0 Å². The monoisotopic (exact) mass is 333 g/mol. The van der Waals surface area contributed by atoms with Crippen molar-refractivity contribution in [2.75, 3.05) is 29.8 Å². The van der Waals surface area contributed by atoms with Crippen LogP contribution >= 0.6 is 15.9 Å². The maximum atomic E-state index is 11.8. The molecule has 0 spiro atoms. The second kappa shape index (κ2) is 5.32. The Labute approximate surface area is 105 Å². The van der Waals surface area contributed by atoms with Crippen molar-refractivity contribution in [1.82, 2.24) is 4.31 Å². The van der Waals surface area contributed by atoms with E-state index >= 15 is 0 Å². The van der Waals surface area contributed by atoms with E-state index in [4.69, 9.17) is 0 Å². The first-order valence-electron chi connectivity index (χ1n) is 4.96. The molecular formula is C8H16BrNO4S2. The van der Waals surface area contributed by atoms with Crippen molar-refractivity contribution < 1.29 is 16.8 Å². The zero-order valence-corrected chi connectivity index (χ0v) is 12.3. The smallest absolute Gasteiger partial charge is 0.228 e. The molecule has 96 valence electrons. The van der Waals surface area contributed by atoms with Gasteiger partial charge in [-0.2, -0.15) is 0 Å². The predicted octanol–water partition coefficient (Wildman–Crippen LogP) is 0.425. The third-order valence-corrected chi connectivity index (χ3v) is 7.39. The molecule has 0 aromatic rings. The van der Waals surface area contributed by atoms with Crippen LogP contribution in [-0.4, -0.2) is 50.9 Å². The van der Waals surface area contributed by atoms with Gasteiger partial charge >= 0.3 is 0 Å². The fraction of sp³-hybridized carbons (Fsp3) is 1.00. The van der Waals surface area contributed by atoms with Gasteiger partial charge in [0.15, 0.2) is 14.9 Å². The van der Waals surface area contributed by atoms with Crippen molar-refractivity contribution >= 4 is 35.8 Å². The minimum atomic E-state index is -3.66. The highest BCUT2D eigenvalue weighted by molar-refractivity contribution is 9.09. The van der Waals surface area contributed by atoms with E-state index in [-0.39, 0.29) is 5.92 Å². The average molecular weight is 334 g/mol. The molecule has 1 unspecified atom stereocenters. The van der Waals surface area contributed by atoms with Crippen LogP contribution in [0.25, 0.3) is 0 Å². The second-order valence-corrected chi connectivity index (χ2v) is 9.30. The number of nitrogens with zero attached hydrogens (tertiary/aromatic N) is 1. The van der Waals surface area contributed by atoms with Crippen LogP contribution in [0.4, 0.5) is 0 Å². The molecule has 1 rings (SSSR count). The zero-order chi connectivity index (χ0) is 12.4. The Kier molecular flexibility index (Phi) is 4.79. The van der Waals surface area contributed by atoms with Crippen LogP contribution in [0.1, 0.15) is 12.8 Å². The Hall–Kier alpha value is 0.340. The highest BCUT2D eigenvalue weighted by Crippen LogP contribution is 2.21. The summed E-state index contributed by atoms with van der Waals surface area (Å²) in [5, 5.41) is -0.0348. The van der Waals surface area contributed by atoms with Crippen molar-refractivity contribution in [1.29, 1.82) is 0 Å². The van der Waals surface area contributed by atoms with Gasteiger partial charge < -0.3 is 0 Å². The van der Waals surface area contributed by atoms with Crippen LogP contribution in [0.3, 0.4) is 0 Å². The van der Waals surface area contributed by atoms with Gasteiger partial charge in [-0.05, 0) is 18.8 Å². The fourth-order valence-corrected chi connectivity index (χ4v) is 5.88. The quantitative estimate of drug-likeness (QED) is 0.699. The number of hydrogen-bond donors (Lipinski definition) is 0. The van der Waals surface area contributed by atoms with E-state index in [9.17, 15) is 16.8 Å². The van der Waals surface area contributed by atoms with E-state index in [1.807, 2.05) is 0 Å². The molecule has 1 heterocycles. The minimum Gasteiger partial charge on any atom is -0.228 e. The number of alkyl halides is 1. The van der Waals surface area contributed by atoms with Crippen LogP contribution in [0, 0.1) is 5.92 Å². The maximum Gasteiger partial charge on any atom is 0.228 e. The normalized spacial score (nSPS) is 24.5. The van der Waals surface area contributed by atoms with Crippen molar-refractivity contribution in [2.45, 2.75) is 12.8 Å². The summed E-state index contributed by atoms with van der Waals surface area (Å²) in [5.41, 5.74) is 0.